The maximum atomic E-state index is 13.3. The minimum atomic E-state index is -3.52. The van der Waals surface area contributed by atoms with Crippen molar-refractivity contribution in [1.82, 2.24) is 14.7 Å². The average Bonchev–Trinajstić information content (AvgIpc) is 2.83. The lowest BCUT2D eigenvalue weighted by atomic mass is 9.65. The molecule has 2 aromatic heterocycles. The summed E-state index contributed by atoms with van der Waals surface area (Å²) >= 11 is 0. The van der Waals surface area contributed by atoms with E-state index in [1.807, 2.05) is 6.07 Å². The average molecular weight is 500 g/mol. The van der Waals surface area contributed by atoms with Crippen LogP contribution in [-0.4, -0.2) is 62.8 Å². The molecule has 2 aromatic rings. The van der Waals surface area contributed by atoms with E-state index in [0.29, 0.717) is 49.1 Å². The molecule has 5 rings (SSSR count). The molecule has 0 spiro atoms. The van der Waals surface area contributed by atoms with E-state index in [9.17, 15) is 23.3 Å². The van der Waals surface area contributed by atoms with E-state index in [1.165, 1.54) is 17.2 Å². The van der Waals surface area contributed by atoms with Crippen LogP contribution in [0.2, 0.25) is 0 Å². The molecular weight excluding hydrogens is 474 g/mol. The lowest BCUT2D eigenvalue weighted by Gasteiger charge is -2.56. The fraction of sp³-hybridized carbons (Fsp3) is 0.409. The maximum Gasteiger partial charge on any atom is 0.328 e. The molecule has 3 aliphatic rings. The number of pyridine rings is 2. The molecule has 2 amide bonds. The quantitative estimate of drug-likeness (QED) is 0.343. The molecule has 13 heteroatoms. The molecule has 0 aromatic carbocycles. The standard InChI is InChI=1S/C22H25N7O5S/c1-3-35(32,33)28-22-9-16(10-22)29(20-17(22)5-4-15(13-30)26-20)21(31)27-19-8-18(24-6-7-34-2)14(11-23)12-25-19/h4-5,8,12-13,16,28H,3,6-7,9-10H2,1-2H3,(H2,24,25,27,31). The fourth-order valence-corrected chi connectivity index (χ4v) is 5.41. The summed E-state index contributed by atoms with van der Waals surface area (Å²) in [5, 5.41) is 15.1. The predicted molar refractivity (Wildman–Crippen MR) is 128 cm³/mol. The van der Waals surface area contributed by atoms with Crippen LogP contribution >= 0.6 is 0 Å². The van der Waals surface area contributed by atoms with Crippen molar-refractivity contribution in [3.63, 3.8) is 0 Å². The molecule has 1 saturated carbocycles. The molecule has 0 saturated heterocycles. The van der Waals surface area contributed by atoms with Gasteiger partial charge in [0.2, 0.25) is 10.0 Å². The number of methoxy groups -OCH3 is 1. The summed E-state index contributed by atoms with van der Waals surface area (Å²) in [6.45, 7) is 2.43. The first-order chi connectivity index (χ1) is 16.8. The van der Waals surface area contributed by atoms with Crippen molar-refractivity contribution in [2.24, 2.45) is 0 Å². The zero-order valence-electron chi connectivity index (χ0n) is 19.2. The van der Waals surface area contributed by atoms with Gasteiger partial charge in [-0.3, -0.25) is 15.0 Å². The van der Waals surface area contributed by atoms with Gasteiger partial charge < -0.3 is 10.1 Å². The number of carbonyl (C=O) groups excluding carboxylic acids is 2. The fourth-order valence-electron chi connectivity index (χ4n) is 4.39. The van der Waals surface area contributed by atoms with Crippen LogP contribution in [0.25, 0.3) is 0 Å². The summed E-state index contributed by atoms with van der Waals surface area (Å²) < 4.78 is 32.5. The van der Waals surface area contributed by atoms with Crippen LogP contribution < -0.4 is 20.3 Å². The summed E-state index contributed by atoms with van der Waals surface area (Å²) in [4.78, 5) is 34.6. The number of aldehydes is 1. The number of ether oxygens (including phenoxy) is 1. The molecule has 184 valence electrons. The van der Waals surface area contributed by atoms with Crippen molar-refractivity contribution in [2.45, 2.75) is 31.3 Å². The Morgan fingerprint density at radius 3 is 2.83 bits per heavy atom. The topological polar surface area (TPSA) is 166 Å². The minimum absolute atomic E-state index is 0.0795. The van der Waals surface area contributed by atoms with Crippen LogP contribution in [0.4, 0.5) is 22.1 Å². The number of urea groups is 1. The van der Waals surface area contributed by atoms with E-state index in [0.717, 1.165) is 0 Å². The van der Waals surface area contributed by atoms with Crippen LogP contribution in [-0.2, 0) is 20.3 Å². The Labute approximate surface area is 202 Å². The number of hydrogen-bond donors (Lipinski definition) is 3. The van der Waals surface area contributed by atoms with Gasteiger partial charge in [-0.05, 0) is 25.8 Å². The van der Waals surface area contributed by atoms with Crippen molar-refractivity contribution in [3.05, 3.63) is 41.2 Å². The lowest BCUT2D eigenvalue weighted by Crippen LogP contribution is -2.67. The van der Waals surface area contributed by atoms with Gasteiger partial charge in [0.15, 0.2) is 6.29 Å². The largest absolute Gasteiger partial charge is 0.383 e. The second-order valence-electron chi connectivity index (χ2n) is 8.32. The number of anilines is 3. The molecule has 0 atom stereocenters. The van der Waals surface area contributed by atoms with Gasteiger partial charge in [-0.15, -0.1) is 0 Å². The van der Waals surface area contributed by atoms with Crippen molar-refractivity contribution in [2.75, 3.05) is 41.5 Å². The van der Waals surface area contributed by atoms with Crippen LogP contribution in [0.15, 0.2) is 24.4 Å². The van der Waals surface area contributed by atoms with Gasteiger partial charge in [-0.1, -0.05) is 6.07 Å². The number of nitrogens with zero attached hydrogens (tertiary/aromatic N) is 4. The summed E-state index contributed by atoms with van der Waals surface area (Å²) in [5.41, 5.74) is 0.592. The molecule has 2 bridgehead atoms. The minimum Gasteiger partial charge on any atom is -0.383 e. The molecule has 0 unspecified atom stereocenters. The van der Waals surface area contributed by atoms with E-state index in [-0.39, 0.29) is 29.1 Å². The number of sulfonamides is 1. The molecule has 35 heavy (non-hydrogen) atoms. The van der Waals surface area contributed by atoms with Crippen molar-refractivity contribution < 1.29 is 22.7 Å². The first-order valence-electron chi connectivity index (χ1n) is 11.0. The van der Waals surface area contributed by atoms with Gasteiger partial charge in [-0.2, -0.15) is 5.26 Å². The Morgan fingerprint density at radius 1 is 1.40 bits per heavy atom. The van der Waals surface area contributed by atoms with Crippen molar-refractivity contribution in [3.8, 4) is 6.07 Å². The number of nitriles is 1. The smallest absolute Gasteiger partial charge is 0.328 e. The zero-order chi connectivity index (χ0) is 25.2. The second-order valence-corrected chi connectivity index (χ2v) is 10.3. The van der Waals surface area contributed by atoms with E-state index < -0.39 is 21.6 Å². The number of rotatable bonds is 9. The first-order valence-corrected chi connectivity index (χ1v) is 12.6. The number of aromatic nitrogens is 2. The Kier molecular flexibility index (Phi) is 6.70. The molecule has 1 aliphatic carbocycles. The van der Waals surface area contributed by atoms with Crippen LogP contribution in [0, 0.1) is 11.3 Å². The maximum absolute atomic E-state index is 13.3. The van der Waals surface area contributed by atoms with Gasteiger partial charge in [-0.25, -0.2) is 27.9 Å². The molecule has 12 nitrogen and oxygen atoms in total. The summed E-state index contributed by atoms with van der Waals surface area (Å²) in [6.07, 6.45) is 2.67. The number of carbonyl (C=O) groups is 2. The van der Waals surface area contributed by atoms with Crippen LogP contribution in [0.1, 0.15) is 41.4 Å². The summed E-state index contributed by atoms with van der Waals surface area (Å²) in [7, 11) is -1.96. The van der Waals surface area contributed by atoms with Gasteiger partial charge in [0.1, 0.15) is 23.4 Å². The highest BCUT2D eigenvalue weighted by atomic mass is 32.2. The Hall–Kier alpha value is -3.60. The molecule has 0 radical (unpaired) electrons. The highest BCUT2D eigenvalue weighted by molar-refractivity contribution is 7.89. The van der Waals surface area contributed by atoms with Crippen LogP contribution in [0.3, 0.4) is 0 Å². The van der Waals surface area contributed by atoms with E-state index in [1.54, 1.807) is 26.2 Å². The Bertz CT molecular complexity index is 1300. The lowest BCUT2D eigenvalue weighted by molar-refractivity contribution is 0.111. The molecule has 1 fully saturated rings. The van der Waals surface area contributed by atoms with E-state index in [2.05, 4.69) is 25.3 Å². The highest BCUT2D eigenvalue weighted by Gasteiger charge is 2.57. The first kappa shape index (κ1) is 24.5. The highest BCUT2D eigenvalue weighted by Crippen LogP contribution is 2.53. The van der Waals surface area contributed by atoms with E-state index >= 15 is 0 Å². The van der Waals surface area contributed by atoms with Gasteiger partial charge >= 0.3 is 6.03 Å². The SMILES string of the molecule is CCS(=O)(=O)NC12CC(C1)N(C(=O)Nc1cc(NCCOC)c(C#N)cn1)c1nc(C=O)ccc12. The third-order valence-corrected chi connectivity index (χ3v) is 7.59. The zero-order valence-corrected chi connectivity index (χ0v) is 20.1. The Morgan fingerprint density at radius 2 is 2.17 bits per heavy atom. The van der Waals surface area contributed by atoms with Crippen molar-refractivity contribution >= 4 is 39.7 Å². The van der Waals surface area contributed by atoms with Gasteiger partial charge in [0.05, 0.1) is 29.1 Å². The number of amides is 2. The summed E-state index contributed by atoms with van der Waals surface area (Å²) in [6, 6.07) is 5.88. The molecular formula is C22H25N7O5S. The molecule has 2 aliphatic heterocycles. The van der Waals surface area contributed by atoms with Gasteiger partial charge in [0, 0.05) is 37.5 Å². The molecule has 4 heterocycles. The predicted octanol–water partition coefficient (Wildman–Crippen LogP) is 1.57. The third kappa shape index (κ3) is 4.68. The third-order valence-electron chi connectivity index (χ3n) is 6.13. The summed E-state index contributed by atoms with van der Waals surface area (Å²) in [5.74, 6) is 0.356. The Balaban J connectivity index is 1.63. The second kappa shape index (κ2) is 9.57. The van der Waals surface area contributed by atoms with Crippen molar-refractivity contribution in [1.29, 1.82) is 5.26 Å². The van der Waals surface area contributed by atoms with Crippen LogP contribution in [0.5, 0.6) is 0 Å². The number of hydrogen-bond acceptors (Lipinski definition) is 9. The normalized spacial score (nSPS) is 20.3. The monoisotopic (exact) mass is 499 g/mol. The number of nitrogens with one attached hydrogen (secondary N) is 3. The molecule has 3 N–H and O–H groups in total. The van der Waals surface area contributed by atoms with Gasteiger partial charge in [0.25, 0.3) is 0 Å². The van der Waals surface area contributed by atoms with E-state index in [4.69, 9.17) is 4.74 Å².